The van der Waals surface area contributed by atoms with Crippen molar-refractivity contribution in [1.82, 2.24) is 0 Å². The Bertz CT molecular complexity index is 433. The smallest absolute Gasteiger partial charge is 0.306 e. The van der Waals surface area contributed by atoms with E-state index >= 15 is 0 Å². The number of hydrogen-bond acceptors (Lipinski definition) is 5. The van der Waals surface area contributed by atoms with Gasteiger partial charge in [0.15, 0.2) is 9.84 Å². The average molecular weight is 276 g/mol. The van der Waals surface area contributed by atoms with Gasteiger partial charge >= 0.3 is 5.97 Å². The van der Waals surface area contributed by atoms with Gasteiger partial charge in [0, 0.05) is 6.42 Å². The number of Topliss-reactive ketones (excluding diaryl/α,β-unsaturated/α-hetero) is 1. The number of carbonyl (C=O) groups excluding carboxylic acids is 2. The first-order chi connectivity index (χ1) is 8.21. The van der Waals surface area contributed by atoms with Crippen LogP contribution >= 0.6 is 0 Å². The van der Waals surface area contributed by atoms with Gasteiger partial charge in [-0.2, -0.15) is 0 Å². The fourth-order valence-corrected chi connectivity index (χ4v) is 4.05. The van der Waals surface area contributed by atoms with Gasteiger partial charge in [-0.25, -0.2) is 8.42 Å². The number of ketones is 1. The SMILES string of the molecule is COC(=O)CC1(CS(=O)(=O)C(C)CC(C)=O)CC1. The van der Waals surface area contributed by atoms with Gasteiger partial charge in [-0.15, -0.1) is 0 Å². The molecule has 0 bridgehead atoms. The lowest BCUT2D eigenvalue weighted by atomic mass is 10.1. The Morgan fingerprint density at radius 2 is 1.89 bits per heavy atom. The molecule has 18 heavy (non-hydrogen) atoms. The van der Waals surface area contributed by atoms with E-state index in [0.717, 1.165) is 12.8 Å². The zero-order valence-corrected chi connectivity index (χ0v) is 11.9. The van der Waals surface area contributed by atoms with Crippen LogP contribution in [0.2, 0.25) is 0 Å². The lowest BCUT2D eigenvalue weighted by Gasteiger charge is -2.17. The highest BCUT2D eigenvalue weighted by Crippen LogP contribution is 2.50. The molecule has 104 valence electrons. The molecule has 1 rings (SSSR count). The summed E-state index contributed by atoms with van der Waals surface area (Å²) >= 11 is 0. The summed E-state index contributed by atoms with van der Waals surface area (Å²) < 4.78 is 28.8. The predicted molar refractivity (Wildman–Crippen MR) is 66.8 cm³/mol. The molecule has 1 unspecified atom stereocenters. The van der Waals surface area contributed by atoms with Gasteiger partial charge in [0.1, 0.15) is 5.78 Å². The number of ether oxygens (including phenoxy) is 1. The molecule has 1 saturated carbocycles. The van der Waals surface area contributed by atoms with E-state index in [0.29, 0.717) is 0 Å². The van der Waals surface area contributed by atoms with Gasteiger partial charge in [-0.05, 0) is 32.1 Å². The molecule has 0 saturated heterocycles. The van der Waals surface area contributed by atoms with Crippen molar-refractivity contribution in [2.75, 3.05) is 12.9 Å². The molecular weight excluding hydrogens is 256 g/mol. The molecule has 0 aromatic rings. The second-order valence-corrected chi connectivity index (χ2v) is 7.70. The maximum Gasteiger partial charge on any atom is 0.306 e. The highest BCUT2D eigenvalue weighted by molar-refractivity contribution is 7.92. The maximum absolute atomic E-state index is 12.1. The van der Waals surface area contributed by atoms with Gasteiger partial charge in [-0.1, -0.05) is 0 Å². The first-order valence-corrected chi connectivity index (χ1v) is 7.70. The fourth-order valence-electron chi connectivity index (χ4n) is 2.03. The Balaban J connectivity index is 2.65. The van der Waals surface area contributed by atoms with E-state index in [1.165, 1.54) is 14.0 Å². The van der Waals surface area contributed by atoms with Crippen LogP contribution in [0.15, 0.2) is 0 Å². The summed E-state index contributed by atoms with van der Waals surface area (Å²) in [7, 11) is -2.04. The largest absolute Gasteiger partial charge is 0.469 e. The Labute approximate surface area is 108 Å². The van der Waals surface area contributed by atoms with Crippen molar-refractivity contribution >= 4 is 21.6 Å². The normalized spacial score (nSPS) is 19.1. The fraction of sp³-hybridized carbons (Fsp3) is 0.833. The number of hydrogen-bond donors (Lipinski definition) is 0. The second-order valence-electron chi connectivity index (χ2n) is 5.28. The maximum atomic E-state index is 12.1. The van der Waals surface area contributed by atoms with E-state index in [4.69, 9.17) is 0 Å². The van der Waals surface area contributed by atoms with Crippen LogP contribution in [0.3, 0.4) is 0 Å². The Kier molecular flexibility index (Phi) is 4.53. The Morgan fingerprint density at radius 3 is 2.28 bits per heavy atom. The van der Waals surface area contributed by atoms with Crippen molar-refractivity contribution in [2.45, 2.75) is 44.8 Å². The summed E-state index contributed by atoms with van der Waals surface area (Å²) in [5, 5.41) is -0.676. The second kappa shape index (κ2) is 5.38. The van der Waals surface area contributed by atoms with Crippen LogP contribution in [0.4, 0.5) is 0 Å². The van der Waals surface area contributed by atoms with E-state index in [1.807, 2.05) is 0 Å². The van der Waals surface area contributed by atoms with E-state index in [1.54, 1.807) is 6.92 Å². The predicted octanol–water partition coefficient (Wildman–Crippen LogP) is 1.11. The van der Waals surface area contributed by atoms with Crippen LogP contribution in [-0.2, 0) is 24.2 Å². The standard InChI is InChI=1S/C12H20O5S/c1-9(13)6-10(2)18(15,16)8-12(4-5-12)7-11(14)17-3/h10H,4-8H2,1-3H3. The van der Waals surface area contributed by atoms with Crippen molar-refractivity contribution in [3.8, 4) is 0 Å². The third-order valence-electron chi connectivity index (χ3n) is 3.40. The molecule has 0 spiro atoms. The van der Waals surface area contributed by atoms with Crippen molar-refractivity contribution in [2.24, 2.45) is 5.41 Å². The van der Waals surface area contributed by atoms with Gasteiger partial charge in [0.05, 0.1) is 24.5 Å². The summed E-state index contributed by atoms with van der Waals surface area (Å²) in [6, 6.07) is 0. The van der Waals surface area contributed by atoms with Crippen LogP contribution in [0.5, 0.6) is 0 Å². The summed E-state index contributed by atoms with van der Waals surface area (Å²) in [5.74, 6) is -0.533. The molecule has 1 aliphatic rings. The molecule has 5 nitrogen and oxygen atoms in total. The van der Waals surface area contributed by atoms with Crippen LogP contribution in [0.25, 0.3) is 0 Å². The number of rotatable bonds is 7. The minimum absolute atomic E-state index is 0.0243. The number of sulfone groups is 1. The first kappa shape index (κ1) is 15.1. The van der Waals surface area contributed by atoms with Crippen molar-refractivity contribution in [3.05, 3.63) is 0 Å². The van der Waals surface area contributed by atoms with Crippen LogP contribution in [0.1, 0.15) is 39.5 Å². The number of methoxy groups -OCH3 is 1. The van der Waals surface area contributed by atoms with Crippen molar-refractivity contribution in [3.63, 3.8) is 0 Å². The Hall–Kier alpha value is -0.910. The molecule has 0 heterocycles. The van der Waals surface area contributed by atoms with E-state index < -0.39 is 20.5 Å². The lowest BCUT2D eigenvalue weighted by molar-refractivity contribution is -0.141. The minimum Gasteiger partial charge on any atom is -0.469 e. The van der Waals surface area contributed by atoms with Gasteiger partial charge in [-0.3, -0.25) is 9.59 Å². The zero-order valence-electron chi connectivity index (χ0n) is 11.1. The third-order valence-corrected chi connectivity index (χ3v) is 5.81. The van der Waals surface area contributed by atoms with Crippen molar-refractivity contribution in [1.29, 1.82) is 0 Å². The molecule has 1 fully saturated rings. The topological polar surface area (TPSA) is 77.5 Å². The Morgan fingerprint density at radius 1 is 1.33 bits per heavy atom. The lowest BCUT2D eigenvalue weighted by Crippen LogP contribution is -2.29. The number of carbonyl (C=O) groups is 2. The molecule has 0 aromatic carbocycles. The van der Waals surface area contributed by atoms with E-state index in [2.05, 4.69) is 4.74 Å². The highest BCUT2D eigenvalue weighted by atomic mass is 32.2. The summed E-state index contributed by atoms with van der Waals surface area (Å²) in [5.41, 5.74) is -0.447. The van der Waals surface area contributed by atoms with Crippen LogP contribution in [0, 0.1) is 5.41 Å². The average Bonchev–Trinajstić information content (AvgIpc) is 2.95. The molecule has 0 aromatic heterocycles. The summed E-state index contributed by atoms with van der Waals surface area (Å²) in [6.07, 6.45) is 1.65. The molecule has 0 N–H and O–H groups in total. The minimum atomic E-state index is -3.33. The highest BCUT2D eigenvalue weighted by Gasteiger charge is 2.48. The first-order valence-electron chi connectivity index (χ1n) is 5.99. The molecule has 0 amide bonds. The van der Waals surface area contributed by atoms with Crippen LogP contribution in [-0.4, -0.2) is 38.3 Å². The van der Waals surface area contributed by atoms with Gasteiger partial charge < -0.3 is 4.74 Å². The molecule has 1 aliphatic carbocycles. The number of esters is 1. The molecular formula is C12H20O5S. The zero-order chi connectivity index (χ0) is 14.0. The molecule has 1 atom stereocenters. The van der Waals surface area contributed by atoms with E-state index in [9.17, 15) is 18.0 Å². The van der Waals surface area contributed by atoms with Crippen molar-refractivity contribution < 1.29 is 22.7 Å². The molecule has 0 radical (unpaired) electrons. The summed E-state index contributed by atoms with van der Waals surface area (Å²) in [4.78, 5) is 22.2. The molecule has 6 heteroatoms. The monoisotopic (exact) mass is 276 g/mol. The van der Waals surface area contributed by atoms with Crippen LogP contribution < -0.4 is 0 Å². The quantitative estimate of drug-likeness (QED) is 0.651. The van der Waals surface area contributed by atoms with Gasteiger partial charge in [0.25, 0.3) is 0 Å². The summed E-state index contributed by atoms with van der Waals surface area (Å²) in [6.45, 7) is 2.93. The van der Waals surface area contributed by atoms with E-state index in [-0.39, 0.29) is 30.3 Å². The van der Waals surface area contributed by atoms with Gasteiger partial charge in [0.2, 0.25) is 0 Å². The third kappa shape index (κ3) is 4.08. The molecule has 0 aliphatic heterocycles.